The van der Waals surface area contributed by atoms with Gasteiger partial charge in [-0.2, -0.15) is 26.3 Å². The van der Waals surface area contributed by atoms with E-state index >= 15 is 0 Å². The van der Waals surface area contributed by atoms with Crippen molar-refractivity contribution >= 4 is 0 Å². The molecule has 0 atom stereocenters. The molecule has 0 unspecified atom stereocenters. The minimum Gasteiger partial charge on any atom is -0.492 e. The third-order valence-corrected chi connectivity index (χ3v) is 3.63. The maximum atomic E-state index is 13.0. The van der Waals surface area contributed by atoms with Gasteiger partial charge in [0.1, 0.15) is 5.75 Å². The molecule has 7 heteroatoms. The van der Waals surface area contributed by atoms with E-state index in [1.807, 2.05) is 0 Å². The Morgan fingerprint density at radius 1 is 0.783 bits per heavy atom. The first-order valence-electron chi connectivity index (χ1n) is 6.71. The molecule has 0 bridgehead atoms. The lowest BCUT2D eigenvalue weighted by atomic mass is 9.97. The summed E-state index contributed by atoms with van der Waals surface area (Å²) in [6.07, 6.45) is -8.68. The summed E-state index contributed by atoms with van der Waals surface area (Å²) in [4.78, 5) is 0. The van der Waals surface area contributed by atoms with Gasteiger partial charge in [0.05, 0.1) is 17.7 Å². The van der Waals surface area contributed by atoms with Crippen molar-refractivity contribution in [3.8, 4) is 16.9 Å². The van der Waals surface area contributed by atoms with Gasteiger partial charge in [0, 0.05) is 12.0 Å². The van der Waals surface area contributed by atoms with Gasteiger partial charge in [0.2, 0.25) is 0 Å². The van der Waals surface area contributed by atoms with Crippen molar-refractivity contribution in [1.82, 2.24) is 0 Å². The van der Waals surface area contributed by atoms with Gasteiger partial charge in [-0.1, -0.05) is 12.1 Å². The van der Waals surface area contributed by atoms with Crippen LogP contribution in [0.5, 0.6) is 5.75 Å². The smallest absolute Gasteiger partial charge is 0.416 e. The number of ether oxygens (including phenoxy) is 1. The summed E-state index contributed by atoms with van der Waals surface area (Å²) >= 11 is 0. The average molecular weight is 332 g/mol. The molecule has 0 saturated heterocycles. The summed E-state index contributed by atoms with van der Waals surface area (Å²) in [5, 5.41) is 0. The van der Waals surface area contributed by atoms with E-state index in [2.05, 4.69) is 0 Å². The summed E-state index contributed by atoms with van der Waals surface area (Å²) in [6.45, 7) is 0.254. The predicted octanol–water partition coefficient (Wildman–Crippen LogP) is 5.33. The molecule has 0 N–H and O–H groups in total. The van der Waals surface area contributed by atoms with Crippen LogP contribution in [-0.4, -0.2) is 6.61 Å². The third kappa shape index (κ3) is 3.00. The standard InChI is InChI=1S/C16H10F6O/c17-15(18,19)11-3-1-9(2-4-11)13-8-12(16(20,21)22)7-10-5-6-23-14(10)13/h1-4,7-8H,5-6H2. The topological polar surface area (TPSA) is 9.23 Å². The zero-order chi connectivity index (χ0) is 16.8. The molecule has 1 nitrogen and oxygen atoms in total. The molecule has 0 aromatic heterocycles. The monoisotopic (exact) mass is 332 g/mol. The van der Waals surface area contributed by atoms with Crippen LogP contribution in [0.25, 0.3) is 11.1 Å². The van der Waals surface area contributed by atoms with Crippen molar-refractivity contribution in [3.05, 3.63) is 53.1 Å². The largest absolute Gasteiger partial charge is 0.492 e. The van der Waals surface area contributed by atoms with Gasteiger partial charge in [0.15, 0.2) is 0 Å². The van der Waals surface area contributed by atoms with Crippen LogP contribution in [0, 0.1) is 0 Å². The molecule has 0 spiro atoms. The number of benzene rings is 2. The summed E-state index contributed by atoms with van der Waals surface area (Å²) in [7, 11) is 0. The average Bonchev–Trinajstić information content (AvgIpc) is 2.93. The molecule has 1 heterocycles. The van der Waals surface area contributed by atoms with Crippen LogP contribution in [0.3, 0.4) is 0 Å². The lowest BCUT2D eigenvalue weighted by molar-refractivity contribution is -0.138. The van der Waals surface area contributed by atoms with E-state index in [9.17, 15) is 26.3 Å². The highest BCUT2D eigenvalue weighted by Crippen LogP contribution is 2.42. The van der Waals surface area contributed by atoms with E-state index in [1.54, 1.807) is 0 Å². The second-order valence-electron chi connectivity index (χ2n) is 5.18. The molecule has 23 heavy (non-hydrogen) atoms. The van der Waals surface area contributed by atoms with Crippen molar-refractivity contribution < 1.29 is 31.1 Å². The normalized spacial score (nSPS) is 14.5. The first kappa shape index (κ1) is 15.7. The van der Waals surface area contributed by atoms with E-state index in [0.717, 1.165) is 36.4 Å². The quantitative estimate of drug-likeness (QED) is 0.642. The molecule has 1 aliphatic heterocycles. The fourth-order valence-corrected chi connectivity index (χ4v) is 2.53. The Morgan fingerprint density at radius 2 is 1.39 bits per heavy atom. The van der Waals surface area contributed by atoms with Crippen molar-refractivity contribution in [2.75, 3.05) is 6.61 Å². The van der Waals surface area contributed by atoms with Crippen molar-refractivity contribution in [2.45, 2.75) is 18.8 Å². The first-order chi connectivity index (χ1) is 10.7. The predicted molar refractivity (Wildman–Crippen MR) is 71.1 cm³/mol. The van der Waals surface area contributed by atoms with Crippen LogP contribution in [-0.2, 0) is 18.8 Å². The molecule has 0 fully saturated rings. The minimum absolute atomic E-state index is 0.154. The zero-order valence-electron chi connectivity index (χ0n) is 11.6. The summed E-state index contributed by atoms with van der Waals surface area (Å²) in [5.74, 6) is 0.303. The molecule has 0 amide bonds. The minimum atomic E-state index is -4.53. The summed E-state index contributed by atoms with van der Waals surface area (Å²) < 4.78 is 82.1. The molecule has 2 aromatic carbocycles. The zero-order valence-corrected chi connectivity index (χ0v) is 11.6. The highest BCUT2D eigenvalue weighted by molar-refractivity contribution is 5.74. The maximum absolute atomic E-state index is 13.0. The van der Waals surface area contributed by atoms with Gasteiger partial charge in [-0.05, 0) is 35.4 Å². The van der Waals surface area contributed by atoms with E-state index in [1.165, 1.54) is 0 Å². The first-order valence-corrected chi connectivity index (χ1v) is 6.71. The second-order valence-corrected chi connectivity index (χ2v) is 5.18. The van der Waals surface area contributed by atoms with Crippen LogP contribution in [0.4, 0.5) is 26.3 Å². The fourth-order valence-electron chi connectivity index (χ4n) is 2.53. The van der Waals surface area contributed by atoms with Gasteiger partial charge in [-0.15, -0.1) is 0 Å². The van der Waals surface area contributed by atoms with Crippen LogP contribution >= 0.6 is 0 Å². The second kappa shape index (κ2) is 5.18. The molecular weight excluding hydrogens is 322 g/mol. The number of hydrogen-bond acceptors (Lipinski definition) is 1. The van der Waals surface area contributed by atoms with Gasteiger partial charge in [-0.3, -0.25) is 0 Å². The van der Waals surface area contributed by atoms with Gasteiger partial charge < -0.3 is 4.74 Å². The molecular formula is C16H10F6O. The van der Waals surface area contributed by atoms with Crippen LogP contribution in [0.1, 0.15) is 16.7 Å². The third-order valence-electron chi connectivity index (χ3n) is 3.63. The fraction of sp³-hybridized carbons (Fsp3) is 0.250. The van der Waals surface area contributed by atoms with E-state index in [-0.39, 0.29) is 17.7 Å². The Bertz CT molecular complexity index is 728. The Balaban J connectivity index is 2.11. The molecule has 0 aliphatic carbocycles. The lowest BCUT2D eigenvalue weighted by Crippen LogP contribution is -2.06. The van der Waals surface area contributed by atoms with Gasteiger partial charge in [0.25, 0.3) is 0 Å². The van der Waals surface area contributed by atoms with Gasteiger partial charge in [-0.25, -0.2) is 0 Å². The number of hydrogen-bond donors (Lipinski definition) is 0. The van der Waals surface area contributed by atoms with Gasteiger partial charge >= 0.3 is 12.4 Å². The molecule has 0 radical (unpaired) electrons. The van der Waals surface area contributed by atoms with Crippen molar-refractivity contribution in [3.63, 3.8) is 0 Å². The van der Waals surface area contributed by atoms with E-state index in [4.69, 9.17) is 4.74 Å². The van der Waals surface area contributed by atoms with Crippen LogP contribution in [0.15, 0.2) is 36.4 Å². The molecule has 2 aromatic rings. The summed E-state index contributed by atoms with van der Waals surface area (Å²) in [6, 6.07) is 5.93. The van der Waals surface area contributed by atoms with Crippen molar-refractivity contribution in [1.29, 1.82) is 0 Å². The Morgan fingerprint density at radius 3 is 1.96 bits per heavy atom. The van der Waals surface area contributed by atoms with Crippen LogP contribution in [0.2, 0.25) is 0 Å². The SMILES string of the molecule is FC(F)(F)c1ccc(-c2cc(C(F)(F)F)cc3c2OCC3)cc1. The molecule has 3 rings (SSSR count). The molecule has 0 saturated carbocycles. The van der Waals surface area contributed by atoms with E-state index < -0.39 is 23.5 Å². The number of alkyl halides is 6. The summed E-state index contributed by atoms with van der Waals surface area (Å²) in [5.41, 5.74) is -0.875. The molecule has 122 valence electrons. The number of fused-ring (bicyclic) bond motifs is 1. The Hall–Kier alpha value is -2.18. The lowest BCUT2D eigenvalue weighted by Gasteiger charge is -2.14. The highest BCUT2D eigenvalue weighted by atomic mass is 19.4. The van der Waals surface area contributed by atoms with Crippen LogP contribution < -0.4 is 4.74 Å². The maximum Gasteiger partial charge on any atom is 0.416 e. The highest BCUT2D eigenvalue weighted by Gasteiger charge is 2.34. The Labute approximate surface area is 127 Å². The molecule has 1 aliphatic rings. The number of rotatable bonds is 1. The number of halogens is 6. The van der Waals surface area contributed by atoms with E-state index in [0.29, 0.717) is 17.7 Å². The Kier molecular flexibility index (Phi) is 3.54. The van der Waals surface area contributed by atoms with Crippen molar-refractivity contribution in [2.24, 2.45) is 0 Å².